The van der Waals surface area contributed by atoms with E-state index >= 15 is 0 Å². The molecule has 1 aromatic rings. The molecule has 0 atom stereocenters. The second-order valence-electron chi connectivity index (χ2n) is 1.92. The third-order valence-corrected chi connectivity index (χ3v) is 1.09. The fourth-order valence-corrected chi connectivity index (χ4v) is 0.547. The zero-order valence-electron chi connectivity index (χ0n) is 6.30. The highest BCUT2D eigenvalue weighted by molar-refractivity contribution is 5.81. The topological polar surface area (TPSA) is 65.0 Å². The van der Waals surface area contributed by atoms with Crippen molar-refractivity contribution in [2.75, 3.05) is 0 Å². The first-order chi connectivity index (χ1) is 5.83. The van der Waals surface area contributed by atoms with Gasteiger partial charge in [-0.15, -0.1) is 10.2 Å². The highest BCUT2D eigenvalue weighted by Gasteiger charge is 1.97. The van der Waals surface area contributed by atoms with Crippen molar-refractivity contribution in [3.63, 3.8) is 0 Å². The quantitative estimate of drug-likeness (QED) is 0.469. The van der Waals surface area contributed by atoms with E-state index in [9.17, 15) is 4.79 Å². The largest absolute Gasteiger partial charge is 0.456 e. The summed E-state index contributed by atoms with van der Waals surface area (Å²) in [6.07, 6.45) is 2.57. The van der Waals surface area contributed by atoms with Gasteiger partial charge >= 0.3 is 5.97 Å². The number of esters is 1. The summed E-state index contributed by atoms with van der Waals surface area (Å²) in [7, 11) is 0. The Balaban J connectivity index is 2.43. The Bertz CT molecular complexity index is 273. The van der Waals surface area contributed by atoms with Gasteiger partial charge in [0.25, 0.3) is 0 Å². The number of hydrogen-bond donors (Lipinski definition) is 0. The molecule has 0 bridgehead atoms. The van der Waals surface area contributed by atoms with Crippen LogP contribution in [0.1, 0.15) is 5.69 Å². The van der Waals surface area contributed by atoms with Gasteiger partial charge in [0.05, 0.1) is 6.20 Å². The molecule has 0 aliphatic rings. The molecule has 0 spiro atoms. The molecule has 0 aromatic carbocycles. The lowest BCUT2D eigenvalue weighted by Gasteiger charge is -1.98. The summed E-state index contributed by atoms with van der Waals surface area (Å²) in [6.45, 7) is 3.35. The van der Waals surface area contributed by atoms with Crippen LogP contribution in [0.5, 0.6) is 0 Å². The first-order valence-electron chi connectivity index (χ1n) is 3.25. The average molecular weight is 165 g/mol. The van der Waals surface area contributed by atoms with Crippen LogP contribution in [0, 0.1) is 0 Å². The van der Waals surface area contributed by atoms with E-state index in [0.29, 0.717) is 5.69 Å². The Morgan fingerprint density at radius 3 is 3.17 bits per heavy atom. The standard InChI is InChI=1S/C7H7N3O2/c1-2-7(11)12-5-6-3-4-8-10-9-6/h2-4H,1,5H2. The van der Waals surface area contributed by atoms with Crippen molar-refractivity contribution in [2.24, 2.45) is 0 Å². The highest BCUT2D eigenvalue weighted by Crippen LogP contribution is 1.93. The van der Waals surface area contributed by atoms with Gasteiger partial charge in [-0.2, -0.15) is 0 Å². The number of ether oxygens (including phenoxy) is 1. The van der Waals surface area contributed by atoms with Gasteiger partial charge < -0.3 is 4.74 Å². The number of rotatable bonds is 3. The molecule has 0 saturated carbocycles. The predicted octanol–water partition coefficient (Wildman–Crippen LogP) is 0.101. The molecular weight excluding hydrogens is 158 g/mol. The van der Waals surface area contributed by atoms with Crippen LogP contribution in [-0.2, 0) is 16.1 Å². The Morgan fingerprint density at radius 1 is 1.75 bits per heavy atom. The van der Waals surface area contributed by atoms with Gasteiger partial charge in [0.1, 0.15) is 12.3 Å². The second-order valence-corrected chi connectivity index (χ2v) is 1.92. The maximum absolute atomic E-state index is 10.6. The lowest BCUT2D eigenvalue weighted by molar-refractivity contribution is -0.139. The lowest BCUT2D eigenvalue weighted by atomic mass is 10.4. The first-order valence-corrected chi connectivity index (χ1v) is 3.25. The summed E-state index contributed by atoms with van der Waals surface area (Å²) >= 11 is 0. The summed E-state index contributed by atoms with van der Waals surface area (Å²) in [5.74, 6) is -0.478. The molecule has 12 heavy (non-hydrogen) atoms. The zero-order valence-corrected chi connectivity index (χ0v) is 6.30. The van der Waals surface area contributed by atoms with E-state index in [2.05, 4.69) is 26.7 Å². The van der Waals surface area contributed by atoms with Crippen LogP contribution in [0.2, 0.25) is 0 Å². The van der Waals surface area contributed by atoms with Gasteiger partial charge in [-0.05, 0) is 11.3 Å². The highest BCUT2D eigenvalue weighted by atomic mass is 16.5. The van der Waals surface area contributed by atoms with Crippen LogP contribution in [0.15, 0.2) is 24.9 Å². The second kappa shape index (κ2) is 4.17. The molecule has 1 rings (SSSR count). The third kappa shape index (κ3) is 2.45. The van der Waals surface area contributed by atoms with Gasteiger partial charge in [-0.25, -0.2) is 4.79 Å². The SMILES string of the molecule is C=CC(=O)OCc1ccnnn1. The van der Waals surface area contributed by atoms with Crippen LogP contribution in [0.4, 0.5) is 0 Å². The van der Waals surface area contributed by atoms with Crippen molar-refractivity contribution < 1.29 is 9.53 Å². The number of carbonyl (C=O) groups is 1. The molecule has 0 N–H and O–H groups in total. The lowest BCUT2D eigenvalue weighted by Crippen LogP contribution is -2.02. The van der Waals surface area contributed by atoms with Crippen LogP contribution >= 0.6 is 0 Å². The maximum atomic E-state index is 10.6. The summed E-state index contributed by atoms with van der Waals surface area (Å²) in [5, 5.41) is 10.5. The van der Waals surface area contributed by atoms with Crippen LogP contribution in [0.25, 0.3) is 0 Å². The summed E-state index contributed by atoms with van der Waals surface area (Å²) in [5.41, 5.74) is 0.556. The maximum Gasteiger partial charge on any atom is 0.330 e. The van der Waals surface area contributed by atoms with Crippen LogP contribution in [-0.4, -0.2) is 21.4 Å². The van der Waals surface area contributed by atoms with E-state index in [1.54, 1.807) is 6.07 Å². The van der Waals surface area contributed by atoms with E-state index in [4.69, 9.17) is 0 Å². The van der Waals surface area contributed by atoms with Gasteiger partial charge in [0.2, 0.25) is 0 Å². The molecule has 0 fully saturated rings. The average Bonchev–Trinajstić information content (AvgIpc) is 2.16. The molecule has 1 aromatic heterocycles. The van der Waals surface area contributed by atoms with Crippen LogP contribution in [0.3, 0.4) is 0 Å². The van der Waals surface area contributed by atoms with E-state index in [-0.39, 0.29) is 6.61 Å². The number of nitrogens with zero attached hydrogens (tertiary/aromatic N) is 3. The van der Waals surface area contributed by atoms with Gasteiger partial charge in [0, 0.05) is 6.08 Å². The van der Waals surface area contributed by atoms with Gasteiger partial charge in [-0.3, -0.25) is 0 Å². The molecular formula is C7H7N3O2. The summed E-state index contributed by atoms with van der Waals surface area (Å²) in [6, 6.07) is 1.61. The van der Waals surface area contributed by atoms with Crippen LogP contribution < -0.4 is 0 Å². The van der Waals surface area contributed by atoms with E-state index in [1.165, 1.54) is 6.20 Å². The number of aromatic nitrogens is 3. The molecule has 0 aliphatic heterocycles. The monoisotopic (exact) mass is 165 g/mol. The molecule has 5 heteroatoms. The smallest absolute Gasteiger partial charge is 0.330 e. The molecule has 0 amide bonds. The van der Waals surface area contributed by atoms with Crippen molar-refractivity contribution in [1.82, 2.24) is 15.4 Å². The zero-order chi connectivity index (χ0) is 8.81. The Morgan fingerprint density at radius 2 is 2.58 bits per heavy atom. The Hall–Kier alpha value is -1.78. The molecule has 0 unspecified atom stereocenters. The normalized spacial score (nSPS) is 9.00. The number of carbonyl (C=O) groups excluding carboxylic acids is 1. The minimum Gasteiger partial charge on any atom is -0.456 e. The molecule has 62 valence electrons. The van der Waals surface area contributed by atoms with Gasteiger partial charge in [0.15, 0.2) is 0 Å². The molecule has 5 nitrogen and oxygen atoms in total. The molecule has 1 heterocycles. The van der Waals surface area contributed by atoms with Crippen molar-refractivity contribution >= 4 is 5.97 Å². The predicted molar refractivity (Wildman–Crippen MR) is 39.8 cm³/mol. The summed E-state index contributed by atoms with van der Waals surface area (Å²) < 4.78 is 4.69. The third-order valence-electron chi connectivity index (χ3n) is 1.09. The van der Waals surface area contributed by atoms with Crippen molar-refractivity contribution in [2.45, 2.75) is 6.61 Å². The van der Waals surface area contributed by atoms with E-state index < -0.39 is 5.97 Å². The van der Waals surface area contributed by atoms with E-state index in [0.717, 1.165) is 6.08 Å². The molecule has 0 radical (unpaired) electrons. The van der Waals surface area contributed by atoms with Crippen molar-refractivity contribution in [3.05, 3.63) is 30.6 Å². The Kier molecular flexibility index (Phi) is 2.89. The minimum atomic E-state index is -0.478. The first kappa shape index (κ1) is 8.32. The van der Waals surface area contributed by atoms with E-state index in [1.807, 2.05) is 0 Å². The van der Waals surface area contributed by atoms with Crippen molar-refractivity contribution in [1.29, 1.82) is 0 Å². The fourth-order valence-electron chi connectivity index (χ4n) is 0.547. The Labute approximate surface area is 69.1 Å². The summed E-state index contributed by atoms with van der Waals surface area (Å²) in [4.78, 5) is 10.6. The van der Waals surface area contributed by atoms with Crippen molar-refractivity contribution in [3.8, 4) is 0 Å². The number of hydrogen-bond acceptors (Lipinski definition) is 5. The molecule has 0 saturated heterocycles. The van der Waals surface area contributed by atoms with Gasteiger partial charge in [-0.1, -0.05) is 6.58 Å². The molecule has 0 aliphatic carbocycles. The fraction of sp³-hybridized carbons (Fsp3) is 0.143. The minimum absolute atomic E-state index is 0.0976.